The van der Waals surface area contributed by atoms with Crippen LogP contribution in [0, 0.1) is 0 Å². The molecule has 1 aromatic carbocycles. The average molecular weight is 280 g/mol. The standard InChI is InChI=1S/C15H18ClNO2/c1-17-12-5-6-13(17)9-14(8-12)19-15(18)10-3-2-4-11(16)7-10/h2-4,7,12-14H,5-6,8-9H2,1H3. The third kappa shape index (κ3) is 2.63. The molecule has 0 saturated carbocycles. The van der Waals surface area contributed by atoms with Gasteiger partial charge in [0.2, 0.25) is 0 Å². The van der Waals surface area contributed by atoms with Crippen molar-refractivity contribution in [3.63, 3.8) is 0 Å². The second-order valence-electron chi connectivity index (χ2n) is 5.56. The van der Waals surface area contributed by atoms with Crippen molar-refractivity contribution in [2.45, 2.75) is 43.9 Å². The van der Waals surface area contributed by atoms with Gasteiger partial charge in [0.25, 0.3) is 0 Å². The van der Waals surface area contributed by atoms with Crippen molar-refractivity contribution in [1.29, 1.82) is 0 Å². The van der Waals surface area contributed by atoms with E-state index < -0.39 is 0 Å². The van der Waals surface area contributed by atoms with Crippen LogP contribution in [0.1, 0.15) is 36.0 Å². The average Bonchev–Trinajstić information content (AvgIpc) is 2.62. The molecule has 0 aliphatic carbocycles. The molecule has 2 bridgehead atoms. The maximum Gasteiger partial charge on any atom is 0.338 e. The van der Waals surface area contributed by atoms with Crippen molar-refractivity contribution in [1.82, 2.24) is 4.90 Å². The highest BCUT2D eigenvalue weighted by Gasteiger charge is 2.39. The summed E-state index contributed by atoms with van der Waals surface area (Å²) in [7, 11) is 2.18. The lowest BCUT2D eigenvalue weighted by molar-refractivity contribution is -0.000448. The summed E-state index contributed by atoms with van der Waals surface area (Å²) in [6.45, 7) is 0. The van der Waals surface area contributed by atoms with Crippen LogP contribution in [0.2, 0.25) is 5.02 Å². The number of halogens is 1. The minimum absolute atomic E-state index is 0.0557. The monoisotopic (exact) mass is 279 g/mol. The van der Waals surface area contributed by atoms with Gasteiger partial charge in [-0.05, 0) is 38.1 Å². The van der Waals surface area contributed by atoms with Gasteiger partial charge in [-0.25, -0.2) is 4.79 Å². The molecular formula is C15H18ClNO2. The van der Waals surface area contributed by atoms with Gasteiger partial charge in [0, 0.05) is 29.9 Å². The second kappa shape index (κ2) is 5.14. The van der Waals surface area contributed by atoms with E-state index >= 15 is 0 Å². The quantitative estimate of drug-likeness (QED) is 0.779. The van der Waals surface area contributed by atoms with Gasteiger partial charge in [-0.3, -0.25) is 0 Å². The molecule has 4 heteroatoms. The number of fused-ring (bicyclic) bond motifs is 2. The van der Waals surface area contributed by atoms with Gasteiger partial charge in [0.15, 0.2) is 0 Å². The van der Waals surface area contributed by atoms with Gasteiger partial charge >= 0.3 is 5.97 Å². The number of carbonyl (C=O) groups is 1. The molecular weight excluding hydrogens is 262 g/mol. The van der Waals surface area contributed by atoms with Crippen LogP contribution in [0.3, 0.4) is 0 Å². The summed E-state index contributed by atoms with van der Waals surface area (Å²) in [5, 5.41) is 0.567. The maximum absolute atomic E-state index is 12.1. The number of nitrogens with zero attached hydrogens (tertiary/aromatic N) is 1. The van der Waals surface area contributed by atoms with Gasteiger partial charge in [0.1, 0.15) is 6.10 Å². The van der Waals surface area contributed by atoms with Crippen molar-refractivity contribution in [3.05, 3.63) is 34.9 Å². The highest BCUT2D eigenvalue weighted by molar-refractivity contribution is 6.30. The van der Waals surface area contributed by atoms with E-state index in [1.54, 1.807) is 24.3 Å². The predicted octanol–water partition coefficient (Wildman–Crippen LogP) is 3.12. The number of hydrogen-bond donors (Lipinski definition) is 0. The Kier molecular flexibility index (Phi) is 3.50. The lowest BCUT2D eigenvalue weighted by Gasteiger charge is -2.35. The summed E-state index contributed by atoms with van der Waals surface area (Å²) in [4.78, 5) is 14.5. The zero-order valence-electron chi connectivity index (χ0n) is 11.0. The molecule has 2 unspecified atom stereocenters. The zero-order chi connectivity index (χ0) is 13.4. The predicted molar refractivity (Wildman–Crippen MR) is 74.5 cm³/mol. The molecule has 2 aliphatic heterocycles. The van der Waals surface area contributed by atoms with E-state index in [2.05, 4.69) is 11.9 Å². The summed E-state index contributed by atoms with van der Waals surface area (Å²) < 4.78 is 5.64. The van der Waals surface area contributed by atoms with Crippen LogP contribution in [-0.2, 0) is 4.74 Å². The molecule has 0 radical (unpaired) electrons. The fourth-order valence-corrected chi connectivity index (χ4v) is 3.48. The number of benzene rings is 1. The number of ether oxygens (including phenoxy) is 1. The largest absolute Gasteiger partial charge is 0.459 e. The number of rotatable bonds is 2. The van der Waals surface area contributed by atoms with E-state index in [4.69, 9.17) is 16.3 Å². The fraction of sp³-hybridized carbons (Fsp3) is 0.533. The Bertz CT molecular complexity index is 477. The van der Waals surface area contributed by atoms with Gasteiger partial charge in [-0.15, -0.1) is 0 Å². The second-order valence-corrected chi connectivity index (χ2v) is 6.00. The van der Waals surface area contributed by atoms with E-state index in [1.807, 2.05) is 0 Å². The molecule has 2 aliphatic rings. The summed E-state index contributed by atoms with van der Waals surface area (Å²) >= 11 is 5.89. The minimum Gasteiger partial charge on any atom is -0.459 e. The third-order valence-corrected chi connectivity index (χ3v) is 4.62. The lowest BCUT2D eigenvalue weighted by Crippen LogP contribution is -2.43. The Balaban J connectivity index is 1.65. The molecule has 3 rings (SSSR count). The third-order valence-electron chi connectivity index (χ3n) is 4.39. The molecule has 0 aromatic heterocycles. The highest BCUT2D eigenvalue weighted by atomic mass is 35.5. The van der Waals surface area contributed by atoms with Crippen LogP contribution in [-0.4, -0.2) is 36.1 Å². The molecule has 102 valence electrons. The Labute approximate surface area is 118 Å². The fourth-order valence-electron chi connectivity index (χ4n) is 3.29. The SMILES string of the molecule is CN1C2CCC1CC(OC(=O)c1cccc(Cl)c1)C2. The first-order chi connectivity index (χ1) is 9.13. The number of hydrogen-bond acceptors (Lipinski definition) is 3. The Morgan fingerprint density at radius 3 is 2.63 bits per heavy atom. The molecule has 0 N–H and O–H groups in total. The molecule has 0 amide bonds. The first kappa shape index (κ1) is 12.9. The van der Waals surface area contributed by atoms with Crippen molar-refractivity contribution < 1.29 is 9.53 Å². The molecule has 2 saturated heterocycles. The lowest BCUT2D eigenvalue weighted by atomic mass is 10.0. The van der Waals surface area contributed by atoms with Crippen LogP contribution in [0.25, 0.3) is 0 Å². The summed E-state index contributed by atoms with van der Waals surface area (Å²) in [5.41, 5.74) is 0.541. The van der Waals surface area contributed by atoms with Crippen molar-refractivity contribution >= 4 is 17.6 Å². The normalized spacial score (nSPS) is 30.3. The molecule has 2 heterocycles. The van der Waals surface area contributed by atoms with E-state index in [1.165, 1.54) is 12.8 Å². The molecule has 0 spiro atoms. The van der Waals surface area contributed by atoms with E-state index in [-0.39, 0.29) is 12.1 Å². The van der Waals surface area contributed by atoms with Crippen LogP contribution in [0.15, 0.2) is 24.3 Å². The van der Waals surface area contributed by atoms with Crippen LogP contribution in [0.5, 0.6) is 0 Å². The molecule has 3 nitrogen and oxygen atoms in total. The Hall–Kier alpha value is -1.06. The number of carbonyl (C=O) groups excluding carboxylic acids is 1. The van der Waals surface area contributed by atoms with E-state index in [0.717, 1.165) is 12.8 Å². The molecule has 1 aromatic rings. The Morgan fingerprint density at radius 2 is 2.00 bits per heavy atom. The molecule has 2 atom stereocenters. The Morgan fingerprint density at radius 1 is 1.32 bits per heavy atom. The summed E-state index contributed by atoms with van der Waals surface area (Å²) in [6, 6.07) is 8.10. The molecule has 19 heavy (non-hydrogen) atoms. The smallest absolute Gasteiger partial charge is 0.338 e. The topological polar surface area (TPSA) is 29.5 Å². The summed E-state index contributed by atoms with van der Waals surface area (Å²) in [6.07, 6.45) is 4.43. The van der Waals surface area contributed by atoms with E-state index in [9.17, 15) is 4.79 Å². The minimum atomic E-state index is -0.253. The van der Waals surface area contributed by atoms with Crippen LogP contribution < -0.4 is 0 Å². The van der Waals surface area contributed by atoms with Crippen LogP contribution >= 0.6 is 11.6 Å². The maximum atomic E-state index is 12.1. The first-order valence-corrected chi connectivity index (χ1v) is 7.20. The van der Waals surface area contributed by atoms with Gasteiger partial charge in [-0.1, -0.05) is 17.7 Å². The van der Waals surface area contributed by atoms with Crippen molar-refractivity contribution in [2.75, 3.05) is 7.05 Å². The molecule has 2 fully saturated rings. The zero-order valence-corrected chi connectivity index (χ0v) is 11.8. The highest BCUT2D eigenvalue weighted by Crippen LogP contribution is 2.35. The van der Waals surface area contributed by atoms with Gasteiger partial charge < -0.3 is 9.64 Å². The number of esters is 1. The summed E-state index contributed by atoms with van der Waals surface area (Å²) in [5.74, 6) is -0.253. The van der Waals surface area contributed by atoms with E-state index in [0.29, 0.717) is 22.7 Å². The first-order valence-electron chi connectivity index (χ1n) is 6.82. The van der Waals surface area contributed by atoms with Crippen molar-refractivity contribution in [2.24, 2.45) is 0 Å². The van der Waals surface area contributed by atoms with Crippen molar-refractivity contribution in [3.8, 4) is 0 Å². The van der Waals surface area contributed by atoms with Crippen LogP contribution in [0.4, 0.5) is 0 Å². The van der Waals surface area contributed by atoms with Gasteiger partial charge in [-0.2, -0.15) is 0 Å². The number of piperidine rings is 1. The van der Waals surface area contributed by atoms with Gasteiger partial charge in [0.05, 0.1) is 5.56 Å².